The number of para-hydroxylation sites is 1. The van der Waals surface area contributed by atoms with Gasteiger partial charge in [0.25, 0.3) is 0 Å². The first-order valence-corrected chi connectivity index (χ1v) is 5.22. The minimum Gasteiger partial charge on any atom is -0.330 e. The van der Waals surface area contributed by atoms with Crippen molar-refractivity contribution in [2.45, 2.75) is 13.3 Å². The van der Waals surface area contributed by atoms with Gasteiger partial charge in [0.15, 0.2) is 0 Å². The van der Waals surface area contributed by atoms with Crippen LogP contribution in [0.5, 0.6) is 0 Å². The summed E-state index contributed by atoms with van der Waals surface area (Å²) in [6, 6.07) is 6.67. The molecule has 2 N–H and O–H groups in total. The summed E-state index contributed by atoms with van der Waals surface area (Å²) in [7, 11) is 0. The first kappa shape index (κ1) is 10.8. The maximum atomic E-state index is 13.7. The van der Waals surface area contributed by atoms with Crippen molar-refractivity contribution in [3.05, 3.63) is 47.8 Å². The van der Waals surface area contributed by atoms with Gasteiger partial charge in [-0.25, -0.2) is 9.37 Å². The maximum absolute atomic E-state index is 13.7. The fourth-order valence-electron chi connectivity index (χ4n) is 1.75. The number of benzene rings is 1. The first-order chi connectivity index (χ1) is 7.74. The summed E-state index contributed by atoms with van der Waals surface area (Å²) >= 11 is 0. The molecule has 2 rings (SSSR count). The van der Waals surface area contributed by atoms with Gasteiger partial charge in [-0.2, -0.15) is 0 Å². The van der Waals surface area contributed by atoms with E-state index in [2.05, 4.69) is 4.98 Å². The molecule has 0 bridgehead atoms. The second-order valence-electron chi connectivity index (χ2n) is 3.64. The van der Waals surface area contributed by atoms with Crippen LogP contribution < -0.4 is 5.73 Å². The van der Waals surface area contributed by atoms with E-state index >= 15 is 0 Å². The van der Waals surface area contributed by atoms with Crippen molar-refractivity contribution in [3.63, 3.8) is 0 Å². The summed E-state index contributed by atoms with van der Waals surface area (Å²) < 4.78 is 15.5. The van der Waals surface area contributed by atoms with E-state index in [0.29, 0.717) is 18.7 Å². The molecule has 1 aromatic heterocycles. The van der Waals surface area contributed by atoms with Gasteiger partial charge in [-0.1, -0.05) is 12.1 Å². The van der Waals surface area contributed by atoms with Crippen LogP contribution in [0.1, 0.15) is 11.5 Å². The molecule has 0 radical (unpaired) electrons. The van der Waals surface area contributed by atoms with Gasteiger partial charge in [-0.15, -0.1) is 0 Å². The van der Waals surface area contributed by atoms with Crippen LogP contribution in [0.15, 0.2) is 30.5 Å². The van der Waals surface area contributed by atoms with Crippen LogP contribution in [0.25, 0.3) is 5.69 Å². The number of aryl methyl sites for hydroxylation is 1. The van der Waals surface area contributed by atoms with Crippen LogP contribution in [0.2, 0.25) is 0 Å². The molecule has 1 heterocycles. The number of rotatable bonds is 3. The van der Waals surface area contributed by atoms with Crippen LogP contribution in [-0.4, -0.2) is 16.1 Å². The van der Waals surface area contributed by atoms with E-state index in [1.807, 2.05) is 17.6 Å². The monoisotopic (exact) mass is 219 g/mol. The molecule has 0 atom stereocenters. The summed E-state index contributed by atoms with van der Waals surface area (Å²) in [5.41, 5.74) is 6.95. The van der Waals surface area contributed by atoms with E-state index < -0.39 is 0 Å². The zero-order valence-electron chi connectivity index (χ0n) is 9.15. The SMILES string of the molecule is Cc1cnc(CCN)n1-c1ccccc1F. The highest BCUT2D eigenvalue weighted by atomic mass is 19.1. The lowest BCUT2D eigenvalue weighted by molar-refractivity contribution is 0.613. The van der Waals surface area contributed by atoms with Crippen LogP contribution in [-0.2, 0) is 6.42 Å². The lowest BCUT2D eigenvalue weighted by atomic mass is 10.3. The Balaban J connectivity index is 2.54. The molecule has 1 aromatic carbocycles. The Morgan fingerprint density at radius 2 is 2.12 bits per heavy atom. The quantitative estimate of drug-likeness (QED) is 0.855. The second kappa shape index (κ2) is 4.45. The topological polar surface area (TPSA) is 43.8 Å². The smallest absolute Gasteiger partial charge is 0.147 e. The Labute approximate surface area is 93.7 Å². The Morgan fingerprint density at radius 3 is 2.81 bits per heavy atom. The third kappa shape index (κ3) is 1.84. The molecule has 0 spiro atoms. The largest absolute Gasteiger partial charge is 0.330 e. The van der Waals surface area contributed by atoms with Crippen molar-refractivity contribution < 1.29 is 4.39 Å². The van der Waals surface area contributed by atoms with Gasteiger partial charge < -0.3 is 5.73 Å². The predicted molar refractivity (Wildman–Crippen MR) is 61.0 cm³/mol. The summed E-state index contributed by atoms with van der Waals surface area (Å²) in [6.45, 7) is 2.41. The minimum atomic E-state index is -0.248. The minimum absolute atomic E-state index is 0.248. The van der Waals surface area contributed by atoms with E-state index in [1.165, 1.54) is 6.07 Å². The van der Waals surface area contributed by atoms with Gasteiger partial charge >= 0.3 is 0 Å². The second-order valence-corrected chi connectivity index (χ2v) is 3.64. The Morgan fingerprint density at radius 1 is 1.38 bits per heavy atom. The standard InChI is InChI=1S/C12H14FN3/c1-9-8-15-12(6-7-14)16(9)11-5-3-2-4-10(11)13/h2-5,8H,6-7,14H2,1H3. The van der Waals surface area contributed by atoms with Crippen LogP contribution in [0.4, 0.5) is 4.39 Å². The molecule has 0 unspecified atom stereocenters. The average Bonchev–Trinajstić information content (AvgIpc) is 2.62. The number of hydrogen-bond donors (Lipinski definition) is 1. The maximum Gasteiger partial charge on any atom is 0.147 e. The number of nitrogens with two attached hydrogens (primary N) is 1. The van der Waals surface area contributed by atoms with Gasteiger partial charge in [-0.3, -0.25) is 4.57 Å². The molecule has 4 heteroatoms. The summed E-state index contributed by atoms with van der Waals surface area (Å²) in [6.07, 6.45) is 2.37. The molecular weight excluding hydrogens is 205 g/mol. The number of nitrogens with zero attached hydrogens (tertiary/aromatic N) is 2. The number of aromatic nitrogens is 2. The molecule has 3 nitrogen and oxygen atoms in total. The van der Waals surface area contributed by atoms with Gasteiger partial charge in [0, 0.05) is 18.3 Å². The number of hydrogen-bond acceptors (Lipinski definition) is 2. The van der Waals surface area contributed by atoms with Crippen LogP contribution >= 0.6 is 0 Å². The van der Waals surface area contributed by atoms with Crippen molar-refractivity contribution >= 4 is 0 Å². The van der Waals surface area contributed by atoms with E-state index in [1.54, 1.807) is 18.3 Å². The molecule has 0 amide bonds. The molecule has 0 aliphatic heterocycles. The third-order valence-electron chi connectivity index (χ3n) is 2.47. The van der Waals surface area contributed by atoms with Gasteiger partial charge in [-0.05, 0) is 25.6 Å². The molecule has 16 heavy (non-hydrogen) atoms. The third-order valence-corrected chi connectivity index (χ3v) is 2.47. The molecule has 0 aliphatic rings. The highest BCUT2D eigenvalue weighted by Gasteiger charge is 2.11. The number of imidazole rings is 1. The highest BCUT2D eigenvalue weighted by Crippen LogP contribution is 2.17. The molecule has 0 aliphatic carbocycles. The molecule has 0 saturated heterocycles. The molecular formula is C12H14FN3. The predicted octanol–water partition coefficient (Wildman–Crippen LogP) is 1.82. The van der Waals surface area contributed by atoms with Crippen molar-refractivity contribution in [1.29, 1.82) is 0 Å². The zero-order valence-corrected chi connectivity index (χ0v) is 9.15. The Kier molecular flexibility index (Phi) is 3.01. The number of halogens is 1. The zero-order chi connectivity index (χ0) is 11.5. The van der Waals surface area contributed by atoms with E-state index in [-0.39, 0.29) is 5.82 Å². The van der Waals surface area contributed by atoms with Gasteiger partial charge in [0.05, 0.1) is 5.69 Å². The normalized spacial score (nSPS) is 10.7. The molecule has 0 fully saturated rings. The van der Waals surface area contributed by atoms with Crippen LogP contribution in [0, 0.1) is 12.7 Å². The average molecular weight is 219 g/mol. The Bertz CT molecular complexity index is 491. The van der Waals surface area contributed by atoms with E-state index in [4.69, 9.17) is 5.73 Å². The van der Waals surface area contributed by atoms with Gasteiger partial charge in [0.2, 0.25) is 0 Å². The highest BCUT2D eigenvalue weighted by molar-refractivity contribution is 5.36. The summed E-state index contributed by atoms with van der Waals surface area (Å²) in [5.74, 6) is 0.548. The van der Waals surface area contributed by atoms with Crippen molar-refractivity contribution in [2.75, 3.05) is 6.54 Å². The van der Waals surface area contributed by atoms with E-state index in [0.717, 1.165) is 11.5 Å². The fraction of sp³-hybridized carbons (Fsp3) is 0.250. The lowest BCUT2D eigenvalue weighted by Crippen LogP contribution is -2.10. The van der Waals surface area contributed by atoms with Gasteiger partial charge in [0.1, 0.15) is 11.6 Å². The van der Waals surface area contributed by atoms with Crippen molar-refractivity contribution in [1.82, 2.24) is 9.55 Å². The first-order valence-electron chi connectivity index (χ1n) is 5.22. The molecule has 84 valence electrons. The lowest BCUT2D eigenvalue weighted by Gasteiger charge is -2.10. The molecule has 2 aromatic rings. The summed E-state index contributed by atoms with van der Waals surface area (Å²) in [5, 5.41) is 0. The van der Waals surface area contributed by atoms with E-state index in [9.17, 15) is 4.39 Å². The van der Waals surface area contributed by atoms with Crippen LogP contribution in [0.3, 0.4) is 0 Å². The fourth-order valence-corrected chi connectivity index (χ4v) is 1.75. The van der Waals surface area contributed by atoms with Crippen molar-refractivity contribution in [3.8, 4) is 5.69 Å². The molecule has 0 saturated carbocycles. The Hall–Kier alpha value is -1.68. The van der Waals surface area contributed by atoms with Crippen molar-refractivity contribution in [2.24, 2.45) is 5.73 Å². The summed E-state index contributed by atoms with van der Waals surface area (Å²) in [4.78, 5) is 4.24.